The van der Waals surface area contributed by atoms with E-state index in [1.54, 1.807) is 0 Å². The molecule has 1 aliphatic carbocycles. The maximum Gasteiger partial charge on any atom is 0.407 e. The molecule has 66 heavy (non-hydrogen) atoms. The number of carbonyl (C=O) groups is 4. The predicted molar refractivity (Wildman–Crippen MR) is 248 cm³/mol. The van der Waals surface area contributed by atoms with Gasteiger partial charge < -0.3 is 44.4 Å². The first-order valence-corrected chi connectivity index (χ1v) is 23.9. The Hall–Kier alpha value is -5.96. The molecule has 3 aromatic carbocycles. The average molecular weight is 900 g/mol. The van der Waals surface area contributed by atoms with E-state index in [1.165, 1.54) is 14.2 Å². The van der Waals surface area contributed by atoms with E-state index in [0.29, 0.717) is 45.0 Å². The van der Waals surface area contributed by atoms with Crippen LogP contribution in [0.2, 0.25) is 0 Å². The van der Waals surface area contributed by atoms with E-state index < -0.39 is 24.3 Å². The van der Waals surface area contributed by atoms with Crippen LogP contribution in [0.5, 0.6) is 5.75 Å². The second-order valence-electron chi connectivity index (χ2n) is 19.3. The summed E-state index contributed by atoms with van der Waals surface area (Å²) in [6.45, 7) is 7.56. The number of amides is 4. The molecule has 10 rings (SSSR count). The molecule has 6 aliphatic rings. The highest BCUT2D eigenvalue weighted by Gasteiger charge is 2.51. The van der Waals surface area contributed by atoms with E-state index in [-0.39, 0.29) is 47.8 Å². The summed E-state index contributed by atoms with van der Waals surface area (Å²) in [4.78, 5) is 71.3. The Bertz CT molecular complexity index is 2580. The van der Waals surface area contributed by atoms with Gasteiger partial charge >= 0.3 is 12.2 Å². The number of H-pyrrole nitrogens is 1. The summed E-state index contributed by atoms with van der Waals surface area (Å²) in [7, 11) is 2.65. The summed E-state index contributed by atoms with van der Waals surface area (Å²) < 4.78 is 22.0. The van der Waals surface area contributed by atoms with Gasteiger partial charge in [-0.2, -0.15) is 0 Å². The van der Waals surface area contributed by atoms with Crippen molar-refractivity contribution in [1.29, 1.82) is 0 Å². The number of fused-ring (bicyclic) bond motifs is 7. The highest BCUT2D eigenvalue weighted by atomic mass is 16.5. The van der Waals surface area contributed by atoms with Crippen LogP contribution in [0.25, 0.3) is 33.2 Å². The van der Waals surface area contributed by atoms with Crippen LogP contribution in [0, 0.1) is 17.8 Å². The van der Waals surface area contributed by atoms with E-state index >= 15 is 0 Å². The van der Waals surface area contributed by atoms with Crippen molar-refractivity contribution in [3.8, 4) is 28.1 Å². The first-order valence-electron chi connectivity index (χ1n) is 23.9. The van der Waals surface area contributed by atoms with Gasteiger partial charge in [0.15, 0.2) is 0 Å². The van der Waals surface area contributed by atoms with Crippen molar-refractivity contribution >= 4 is 46.2 Å². The van der Waals surface area contributed by atoms with E-state index in [9.17, 15) is 19.2 Å². The molecule has 0 bridgehead atoms. The number of alkyl carbamates (subject to hydrolysis) is 2. The average Bonchev–Trinajstić information content (AvgIpc) is 4.20. The lowest BCUT2D eigenvalue weighted by Crippen LogP contribution is -2.57. The fraction of sp³-hybridized carbons (Fsp3) is 0.529. The largest absolute Gasteiger partial charge is 0.488 e. The zero-order chi connectivity index (χ0) is 45.8. The van der Waals surface area contributed by atoms with Crippen LogP contribution in [-0.2, 0) is 36.8 Å². The van der Waals surface area contributed by atoms with Crippen molar-refractivity contribution in [1.82, 2.24) is 30.4 Å². The second-order valence-corrected chi connectivity index (χ2v) is 19.3. The summed E-state index contributed by atoms with van der Waals surface area (Å²) in [6.07, 6.45) is 9.03. The normalized spacial score (nSPS) is 24.6. The summed E-state index contributed by atoms with van der Waals surface area (Å²) in [5, 5.41) is 7.92. The maximum atomic E-state index is 14.7. The maximum absolute atomic E-state index is 14.7. The van der Waals surface area contributed by atoms with Crippen LogP contribution >= 0.6 is 0 Å². The van der Waals surface area contributed by atoms with Crippen molar-refractivity contribution < 1.29 is 38.1 Å². The number of methoxy groups -OCH3 is 2. The molecule has 8 atom stereocenters. The zero-order valence-corrected chi connectivity index (χ0v) is 38.6. The molecule has 3 saturated heterocycles. The predicted octanol–water partition coefficient (Wildman–Crippen LogP) is 8.16. The van der Waals surface area contributed by atoms with Gasteiger partial charge in [-0.3, -0.25) is 14.6 Å². The molecule has 15 heteroatoms. The minimum Gasteiger partial charge on any atom is -0.488 e. The minimum absolute atomic E-state index is 0.0127. The smallest absolute Gasteiger partial charge is 0.407 e. The molecule has 4 amide bonds. The van der Waals surface area contributed by atoms with E-state index in [0.717, 1.165) is 112 Å². The molecule has 348 valence electrons. The summed E-state index contributed by atoms with van der Waals surface area (Å²) in [5.74, 6) is 1.70. The zero-order valence-electron chi connectivity index (χ0n) is 38.6. The lowest BCUT2D eigenvalue weighted by molar-refractivity contribution is -0.138. The van der Waals surface area contributed by atoms with Gasteiger partial charge in [0.1, 0.15) is 30.3 Å². The van der Waals surface area contributed by atoms with Crippen LogP contribution in [0.15, 0.2) is 53.7 Å². The quantitative estimate of drug-likeness (QED) is 0.142. The number of aromatic nitrogens is 2. The number of rotatable bonds is 10. The third kappa shape index (κ3) is 7.86. The molecule has 3 N–H and O–H groups in total. The topological polar surface area (TPSA) is 177 Å². The summed E-state index contributed by atoms with van der Waals surface area (Å²) in [6, 6.07) is 13.4. The fourth-order valence-electron chi connectivity index (χ4n) is 11.9. The Balaban J connectivity index is 0.882. The molecule has 5 aliphatic heterocycles. The third-order valence-electron chi connectivity index (χ3n) is 15.6. The highest BCUT2D eigenvalue weighted by molar-refractivity contribution is 6.07. The SMILES string of the molecule is CC[C@H](C)[C@H](NC(=O)OC)C(=O)N1[C@@H](C)CC[C@H]1c1ncc(-c2ccc3c(c2)COc2cc4c5c(ccc4cc2-3)N=C([C@@H]2C[C@@H]3CCC[C@@H]3N2C(=O)[C@@H](NC(=O)OC)C2CCOCC2)C5)[nH]1. The Labute approximate surface area is 385 Å². The molecule has 0 radical (unpaired) electrons. The van der Waals surface area contributed by atoms with Gasteiger partial charge in [-0.25, -0.2) is 14.6 Å². The number of aliphatic imine (C=N–C) groups is 1. The van der Waals surface area contributed by atoms with E-state index in [1.807, 2.05) is 31.9 Å². The van der Waals surface area contributed by atoms with Crippen molar-refractivity contribution in [2.75, 3.05) is 27.4 Å². The number of aromatic amines is 1. The van der Waals surface area contributed by atoms with Crippen molar-refractivity contribution in [3.05, 3.63) is 65.6 Å². The number of nitrogens with zero attached hydrogens (tertiary/aromatic N) is 4. The number of carbonyl (C=O) groups excluding carboxylic acids is 4. The molecule has 0 unspecified atom stereocenters. The molecular weight excluding hydrogens is 839 g/mol. The fourth-order valence-corrected chi connectivity index (χ4v) is 11.9. The molecule has 1 saturated carbocycles. The Morgan fingerprint density at radius 2 is 1.70 bits per heavy atom. The third-order valence-corrected chi connectivity index (χ3v) is 15.6. The van der Waals surface area contributed by atoms with Crippen LogP contribution in [0.3, 0.4) is 0 Å². The molecule has 0 spiro atoms. The number of ether oxygens (including phenoxy) is 4. The Kier molecular flexibility index (Phi) is 12.0. The van der Waals surface area contributed by atoms with Crippen LogP contribution in [-0.4, -0.2) is 107 Å². The van der Waals surface area contributed by atoms with Gasteiger partial charge in [-0.1, -0.05) is 44.9 Å². The number of nitrogens with one attached hydrogen (secondary N) is 3. The van der Waals surface area contributed by atoms with Gasteiger partial charge in [-0.15, -0.1) is 0 Å². The molecule has 6 heterocycles. The van der Waals surface area contributed by atoms with Crippen LogP contribution in [0.4, 0.5) is 15.3 Å². The van der Waals surface area contributed by atoms with Crippen LogP contribution in [0.1, 0.15) is 102 Å². The van der Waals surface area contributed by atoms with Gasteiger partial charge in [0, 0.05) is 43.0 Å². The van der Waals surface area contributed by atoms with Crippen LogP contribution < -0.4 is 15.4 Å². The van der Waals surface area contributed by atoms with Crippen molar-refractivity contribution in [3.63, 3.8) is 0 Å². The number of likely N-dealkylation sites (tertiary alicyclic amines) is 2. The van der Waals surface area contributed by atoms with Crippen molar-refractivity contribution in [2.24, 2.45) is 22.7 Å². The second kappa shape index (κ2) is 18.0. The summed E-state index contributed by atoms with van der Waals surface area (Å²) in [5.41, 5.74) is 8.13. The number of imidazole rings is 1. The Morgan fingerprint density at radius 3 is 2.48 bits per heavy atom. The van der Waals surface area contributed by atoms with Gasteiger partial charge in [0.05, 0.1) is 43.9 Å². The van der Waals surface area contributed by atoms with Gasteiger partial charge in [0.2, 0.25) is 11.8 Å². The first kappa shape index (κ1) is 43.9. The first-order chi connectivity index (χ1) is 32.0. The van der Waals surface area contributed by atoms with E-state index in [2.05, 4.69) is 63.0 Å². The molecule has 1 aromatic heterocycles. The number of hydrogen-bond donors (Lipinski definition) is 3. The Morgan fingerprint density at radius 1 is 0.894 bits per heavy atom. The molecule has 4 fully saturated rings. The highest BCUT2D eigenvalue weighted by Crippen LogP contribution is 2.48. The number of hydrogen-bond acceptors (Lipinski definition) is 10. The molecule has 15 nitrogen and oxygen atoms in total. The monoisotopic (exact) mass is 899 g/mol. The van der Waals surface area contributed by atoms with Gasteiger partial charge in [0.25, 0.3) is 0 Å². The van der Waals surface area contributed by atoms with E-state index in [4.69, 9.17) is 28.9 Å². The molecular formula is C51H61N7O8. The van der Waals surface area contributed by atoms with Crippen molar-refractivity contribution in [2.45, 2.75) is 128 Å². The minimum atomic E-state index is -0.702. The summed E-state index contributed by atoms with van der Waals surface area (Å²) >= 11 is 0. The standard InChI is InChI=1S/C51H61N7O8/c1-6-27(2)45(55-50(61)63-4)48(59)57-28(3)10-15-42(57)47-52-25-40(54-47)31-11-13-34-33(20-31)26-66-44-24-35-30(21-37(34)44)12-14-38-36(35)23-39(53-38)43-22-32-8-7-9-41(32)58(43)49(60)46(56-51(62)64-5)29-16-18-65-19-17-29/h11-14,20-21,24-25,27-29,32,41-43,45-46H,6-10,15-19,22-23,26H2,1-5H3,(H,52,54)(H,55,61)(H,56,62)/t27-,28-,32-,41-,42-,43-,45-,46-/m0/s1. The number of benzene rings is 3. The lowest BCUT2D eigenvalue weighted by Gasteiger charge is -2.37. The molecule has 4 aromatic rings. The lowest BCUT2D eigenvalue weighted by atomic mass is 9.89. The van der Waals surface area contributed by atoms with Gasteiger partial charge in [-0.05, 0) is 127 Å².